The lowest BCUT2D eigenvalue weighted by molar-refractivity contribution is -0.138. The minimum atomic E-state index is -3.17. The Kier molecular flexibility index (Phi) is 5.60. The van der Waals surface area contributed by atoms with Gasteiger partial charge in [-0.25, -0.2) is 13.1 Å². The van der Waals surface area contributed by atoms with E-state index in [9.17, 15) is 13.2 Å². The van der Waals surface area contributed by atoms with Crippen LogP contribution in [0.25, 0.3) is 0 Å². The molecule has 0 aliphatic heterocycles. The number of carbonyl (C=O) groups is 1. The Bertz CT molecular complexity index is 248. The molecule has 78 valence electrons. The number of ether oxygens (including phenoxy) is 1. The van der Waals surface area contributed by atoms with Gasteiger partial charge in [-0.1, -0.05) is 0 Å². The standard InChI is InChI=1S/C6H13NO5S/c1-13(10,11)7-3-5-12-4-2-6(8)9/h7H,2-5H2,1H3,(H,8,9). The largest absolute Gasteiger partial charge is 0.481 e. The SMILES string of the molecule is CS(=O)(=O)NCCOCCC(=O)O. The highest BCUT2D eigenvalue weighted by molar-refractivity contribution is 7.88. The average molecular weight is 211 g/mol. The first-order valence-corrected chi connectivity index (χ1v) is 5.55. The summed E-state index contributed by atoms with van der Waals surface area (Å²) in [6.07, 6.45) is 0.975. The quantitative estimate of drug-likeness (QED) is 0.528. The molecule has 0 aliphatic rings. The second kappa shape index (κ2) is 5.90. The van der Waals surface area contributed by atoms with Gasteiger partial charge in [-0.05, 0) is 0 Å². The number of carboxylic acids is 1. The lowest BCUT2D eigenvalue weighted by Crippen LogP contribution is -2.26. The Hall–Kier alpha value is -0.660. The monoisotopic (exact) mass is 211 g/mol. The average Bonchev–Trinajstić information content (AvgIpc) is 1.93. The van der Waals surface area contributed by atoms with Crippen molar-refractivity contribution in [3.63, 3.8) is 0 Å². The van der Waals surface area contributed by atoms with E-state index in [2.05, 4.69) is 4.72 Å². The topological polar surface area (TPSA) is 92.7 Å². The summed E-state index contributed by atoms with van der Waals surface area (Å²) in [5, 5.41) is 8.21. The summed E-state index contributed by atoms with van der Waals surface area (Å²) >= 11 is 0. The zero-order valence-corrected chi connectivity index (χ0v) is 8.13. The van der Waals surface area contributed by atoms with Crippen LogP contribution in [0.4, 0.5) is 0 Å². The lowest BCUT2D eigenvalue weighted by Gasteiger charge is -2.02. The molecule has 0 atom stereocenters. The molecule has 0 aromatic heterocycles. The highest BCUT2D eigenvalue weighted by Crippen LogP contribution is 1.82. The summed E-state index contributed by atoms with van der Waals surface area (Å²) in [6.45, 7) is 0.444. The molecule has 2 N–H and O–H groups in total. The molecule has 0 fully saturated rings. The molecule has 0 heterocycles. The lowest BCUT2D eigenvalue weighted by atomic mass is 10.5. The van der Waals surface area contributed by atoms with Crippen LogP contribution in [-0.2, 0) is 19.6 Å². The number of rotatable bonds is 7. The zero-order chi connectivity index (χ0) is 10.3. The van der Waals surface area contributed by atoms with Gasteiger partial charge in [0.25, 0.3) is 0 Å². The van der Waals surface area contributed by atoms with E-state index in [4.69, 9.17) is 9.84 Å². The van der Waals surface area contributed by atoms with Gasteiger partial charge in [-0.3, -0.25) is 4.79 Å². The van der Waals surface area contributed by atoms with Gasteiger partial charge in [-0.15, -0.1) is 0 Å². The van der Waals surface area contributed by atoms with Gasteiger partial charge in [0.1, 0.15) is 0 Å². The van der Waals surface area contributed by atoms with Crippen molar-refractivity contribution < 1.29 is 23.1 Å². The number of aliphatic carboxylic acids is 1. The van der Waals surface area contributed by atoms with Crippen LogP contribution in [0.2, 0.25) is 0 Å². The third kappa shape index (κ3) is 11.3. The predicted octanol–water partition coefficient (Wildman–Crippen LogP) is -0.973. The maximum absolute atomic E-state index is 10.5. The van der Waals surface area contributed by atoms with E-state index in [1.807, 2.05) is 0 Å². The van der Waals surface area contributed by atoms with Gasteiger partial charge in [0.15, 0.2) is 0 Å². The van der Waals surface area contributed by atoms with Crippen molar-refractivity contribution in [1.29, 1.82) is 0 Å². The minimum Gasteiger partial charge on any atom is -0.481 e. The summed E-state index contributed by atoms with van der Waals surface area (Å²) in [5.74, 6) is -0.934. The molecule has 0 saturated heterocycles. The molecule has 0 aromatic rings. The van der Waals surface area contributed by atoms with Crippen molar-refractivity contribution >= 4 is 16.0 Å². The van der Waals surface area contributed by atoms with Gasteiger partial charge >= 0.3 is 5.97 Å². The maximum atomic E-state index is 10.5. The molecule has 0 saturated carbocycles. The normalized spacial score (nSPS) is 11.5. The highest BCUT2D eigenvalue weighted by atomic mass is 32.2. The van der Waals surface area contributed by atoms with Crippen LogP contribution in [0.3, 0.4) is 0 Å². The molecule has 7 heteroatoms. The summed E-state index contributed by atoms with van der Waals surface area (Å²) in [7, 11) is -3.17. The van der Waals surface area contributed by atoms with Gasteiger partial charge in [0.2, 0.25) is 10.0 Å². The van der Waals surface area contributed by atoms with Crippen molar-refractivity contribution in [3.8, 4) is 0 Å². The Morgan fingerprint density at radius 3 is 2.54 bits per heavy atom. The van der Waals surface area contributed by atoms with Crippen molar-refractivity contribution in [2.75, 3.05) is 26.0 Å². The van der Waals surface area contributed by atoms with Crippen LogP contribution in [-0.4, -0.2) is 45.5 Å². The van der Waals surface area contributed by atoms with Gasteiger partial charge < -0.3 is 9.84 Å². The van der Waals surface area contributed by atoms with Crippen molar-refractivity contribution in [1.82, 2.24) is 4.72 Å². The maximum Gasteiger partial charge on any atom is 0.305 e. The molecule has 0 unspecified atom stereocenters. The van der Waals surface area contributed by atoms with E-state index in [0.717, 1.165) is 6.26 Å². The van der Waals surface area contributed by atoms with E-state index in [1.165, 1.54) is 0 Å². The molecule has 0 radical (unpaired) electrons. The molecule has 0 spiro atoms. The summed E-state index contributed by atoms with van der Waals surface area (Å²) in [5.41, 5.74) is 0. The first-order chi connectivity index (χ1) is 5.92. The summed E-state index contributed by atoms with van der Waals surface area (Å²) in [6, 6.07) is 0. The fourth-order valence-corrected chi connectivity index (χ4v) is 1.01. The van der Waals surface area contributed by atoms with Crippen LogP contribution >= 0.6 is 0 Å². The molecular formula is C6H13NO5S. The fraction of sp³-hybridized carbons (Fsp3) is 0.833. The van der Waals surface area contributed by atoms with Crippen LogP contribution in [0.5, 0.6) is 0 Å². The first kappa shape index (κ1) is 12.3. The number of nitrogens with one attached hydrogen (secondary N) is 1. The minimum absolute atomic E-state index is 0.0706. The zero-order valence-electron chi connectivity index (χ0n) is 7.32. The summed E-state index contributed by atoms with van der Waals surface area (Å²) < 4.78 is 28.1. The Balaban J connectivity index is 3.23. The number of carboxylic acid groups (broad SMARTS) is 1. The third-order valence-corrected chi connectivity index (χ3v) is 1.80. The predicted molar refractivity (Wildman–Crippen MR) is 45.9 cm³/mol. The van der Waals surface area contributed by atoms with Crippen molar-refractivity contribution in [2.45, 2.75) is 6.42 Å². The number of sulfonamides is 1. The van der Waals surface area contributed by atoms with Crippen LogP contribution < -0.4 is 4.72 Å². The molecule has 0 amide bonds. The van der Waals surface area contributed by atoms with Gasteiger partial charge in [-0.2, -0.15) is 0 Å². The van der Waals surface area contributed by atoms with E-state index in [-0.39, 0.29) is 26.2 Å². The van der Waals surface area contributed by atoms with E-state index in [0.29, 0.717) is 0 Å². The van der Waals surface area contributed by atoms with E-state index in [1.54, 1.807) is 0 Å². The van der Waals surface area contributed by atoms with Crippen LogP contribution in [0.15, 0.2) is 0 Å². The Morgan fingerprint density at radius 2 is 2.08 bits per heavy atom. The van der Waals surface area contributed by atoms with E-state index < -0.39 is 16.0 Å². The number of hydrogen-bond acceptors (Lipinski definition) is 4. The molecule has 13 heavy (non-hydrogen) atoms. The van der Waals surface area contributed by atoms with Crippen LogP contribution in [0.1, 0.15) is 6.42 Å². The Morgan fingerprint density at radius 1 is 1.46 bits per heavy atom. The molecular weight excluding hydrogens is 198 g/mol. The molecule has 0 aromatic carbocycles. The second-order valence-electron chi connectivity index (χ2n) is 2.42. The fourth-order valence-electron chi connectivity index (χ4n) is 0.561. The highest BCUT2D eigenvalue weighted by Gasteiger charge is 1.99. The Labute approximate surface area is 76.9 Å². The van der Waals surface area contributed by atoms with E-state index >= 15 is 0 Å². The van der Waals surface area contributed by atoms with Gasteiger partial charge in [0, 0.05) is 6.54 Å². The first-order valence-electron chi connectivity index (χ1n) is 3.66. The number of hydrogen-bond donors (Lipinski definition) is 2. The molecule has 0 rings (SSSR count). The smallest absolute Gasteiger partial charge is 0.305 e. The van der Waals surface area contributed by atoms with Crippen LogP contribution in [0, 0.1) is 0 Å². The molecule has 6 nitrogen and oxygen atoms in total. The van der Waals surface area contributed by atoms with Crippen molar-refractivity contribution in [2.24, 2.45) is 0 Å². The molecule has 0 bridgehead atoms. The van der Waals surface area contributed by atoms with Crippen molar-refractivity contribution in [3.05, 3.63) is 0 Å². The third-order valence-electron chi connectivity index (χ3n) is 1.07. The second-order valence-corrected chi connectivity index (χ2v) is 4.26. The summed E-state index contributed by atoms with van der Waals surface area (Å²) in [4.78, 5) is 10.00. The van der Waals surface area contributed by atoms with Gasteiger partial charge in [0.05, 0.1) is 25.9 Å². The molecule has 0 aliphatic carbocycles.